The molecule has 0 amide bonds. The van der Waals surface area contributed by atoms with Gasteiger partial charge >= 0.3 is 5.13 Å². The molecular weight excluding hydrogens is 366 g/mol. The largest absolute Gasteiger partial charge is 0.726 e. The van der Waals surface area contributed by atoms with E-state index in [1.165, 1.54) is 11.3 Å². The van der Waals surface area contributed by atoms with Gasteiger partial charge in [-0.25, -0.2) is 8.42 Å². The zero-order chi connectivity index (χ0) is 18.4. The minimum absolute atomic E-state index is 0.132. The van der Waals surface area contributed by atoms with E-state index in [2.05, 4.69) is 19.5 Å². The number of azo groups is 1. The molecule has 0 aliphatic carbocycles. The fourth-order valence-electron chi connectivity index (χ4n) is 2.03. The third-order valence-corrected chi connectivity index (χ3v) is 4.60. The van der Waals surface area contributed by atoms with E-state index in [-0.39, 0.29) is 6.61 Å². The average Bonchev–Trinajstić information content (AvgIpc) is 2.94. The van der Waals surface area contributed by atoms with Crippen molar-refractivity contribution in [2.24, 2.45) is 17.3 Å². The molecule has 1 aromatic carbocycles. The van der Waals surface area contributed by atoms with Gasteiger partial charge in [0.25, 0.3) is 0 Å². The highest BCUT2D eigenvalue weighted by Gasteiger charge is 2.10. The van der Waals surface area contributed by atoms with Crippen LogP contribution >= 0.6 is 11.3 Å². The second-order valence-corrected chi connectivity index (χ2v) is 7.18. The second-order valence-electron chi connectivity index (χ2n) is 5.32. The Bertz CT molecular complexity index is 851. The van der Waals surface area contributed by atoms with Crippen molar-refractivity contribution in [3.05, 3.63) is 29.3 Å². The van der Waals surface area contributed by atoms with Crippen molar-refractivity contribution in [2.75, 3.05) is 25.1 Å². The Kier molecular flexibility index (Phi) is 6.53. The number of nitrogens with zero attached hydrogens (tertiary/aromatic N) is 5. The first kappa shape index (κ1) is 19.4. The Hall–Kier alpha value is -1.95. The molecule has 136 valence electrons. The number of rotatable bonds is 8. The summed E-state index contributed by atoms with van der Waals surface area (Å²) in [6, 6.07) is 5.73. The van der Waals surface area contributed by atoms with Gasteiger partial charge in [0, 0.05) is 19.3 Å². The molecule has 11 heteroatoms. The van der Waals surface area contributed by atoms with Gasteiger partial charge in [0.1, 0.15) is 18.2 Å². The highest BCUT2D eigenvalue weighted by Crippen LogP contribution is 2.26. The number of hydrogen-bond acceptors (Lipinski definition) is 9. The van der Waals surface area contributed by atoms with E-state index in [1.807, 2.05) is 37.1 Å². The molecule has 9 nitrogen and oxygen atoms in total. The van der Waals surface area contributed by atoms with Gasteiger partial charge in [0.15, 0.2) is 0 Å². The van der Waals surface area contributed by atoms with Gasteiger partial charge in [0.05, 0.1) is 11.7 Å². The first-order valence-electron chi connectivity index (χ1n) is 7.40. The molecule has 0 saturated heterocycles. The molecule has 0 aliphatic rings. The predicted octanol–water partition coefficient (Wildman–Crippen LogP) is 1.99. The minimum Gasteiger partial charge on any atom is -0.726 e. The molecule has 0 fully saturated rings. The van der Waals surface area contributed by atoms with Gasteiger partial charge < -0.3 is 9.45 Å². The number of hydrogen-bond donors (Lipinski definition) is 0. The van der Waals surface area contributed by atoms with Gasteiger partial charge in [-0.15, -0.1) is 4.68 Å². The SMILES string of the molecule is Cc1cc(N(C)CCCOS(=O)(=O)[O-])ccc1N=Nc1scn[n+]1C. The Labute approximate surface area is 150 Å². The topological polar surface area (TPSA) is 111 Å². The molecule has 0 radical (unpaired) electrons. The lowest BCUT2D eigenvalue weighted by atomic mass is 10.1. The van der Waals surface area contributed by atoms with Crippen LogP contribution in [0.1, 0.15) is 12.0 Å². The van der Waals surface area contributed by atoms with Crippen molar-refractivity contribution in [2.45, 2.75) is 13.3 Å². The molecule has 0 bridgehead atoms. The quantitative estimate of drug-likeness (QED) is 0.226. The van der Waals surface area contributed by atoms with Crippen LogP contribution < -0.4 is 9.58 Å². The van der Waals surface area contributed by atoms with Crippen LogP contribution in [0.4, 0.5) is 16.5 Å². The Morgan fingerprint density at radius 2 is 2.16 bits per heavy atom. The number of aryl methyl sites for hydroxylation is 2. The Morgan fingerprint density at radius 3 is 2.76 bits per heavy atom. The fraction of sp³-hybridized carbons (Fsp3) is 0.429. The summed E-state index contributed by atoms with van der Waals surface area (Å²) < 4.78 is 37.0. The maximum absolute atomic E-state index is 10.4. The lowest BCUT2D eigenvalue weighted by Crippen LogP contribution is -2.28. The van der Waals surface area contributed by atoms with Crippen LogP contribution in [0, 0.1) is 6.92 Å². The summed E-state index contributed by atoms with van der Waals surface area (Å²) in [4.78, 5) is 1.94. The van der Waals surface area contributed by atoms with Crippen LogP contribution in [-0.4, -0.2) is 38.3 Å². The molecule has 0 spiro atoms. The van der Waals surface area contributed by atoms with E-state index < -0.39 is 10.4 Å². The van der Waals surface area contributed by atoms with Gasteiger partial charge in [-0.2, -0.15) is 0 Å². The summed E-state index contributed by atoms with van der Waals surface area (Å²) in [5, 5.41) is 13.2. The normalized spacial score (nSPS) is 12.0. The summed E-state index contributed by atoms with van der Waals surface area (Å²) in [5.41, 5.74) is 4.36. The highest BCUT2D eigenvalue weighted by molar-refractivity contribution is 7.80. The van der Waals surface area contributed by atoms with E-state index in [9.17, 15) is 13.0 Å². The minimum atomic E-state index is -4.62. The molecule has 2 aromatic rings. The number of benzene rings is 1. The third-order valence-electron chi connectivity index (χ3n) is 3.39. The summed E-state index contributed by atoms with van der Waals surface area (Å²) in [6.45, 7) is 2.35. The summed E-state index contributed by atoms with van der Waals surface area (Å²) in [6.07, 6.45) is 0.417. The Morgan fingerprint density at radius 1 is 1.40 bits per heavy atom. The van der Waals surface area contributed by atoms with Crippen LogP contribution in [-0.2, 0) is 21.6 Å². The average molecular weight is 385 g/mol. The maximum Gasteiger partial charge on any atom is 0.429 e. The molecule has 1 heterocycles. The van der Waals surface area contributed by atoms with Gasteiger partial charge in [-0.1, -0.05) is 5.10 Å². The zero-order valence-corrected chi connectivity index (χ0v) is 15.7. The first-order valence-corrected chi connectivity index (χ1v) is 9.61. The fourth-order valence-corrected chi connectivity index (χ4v) is 2.93. The standard InChI is InChI=1S/C14H19N5O4S2/c1-11-9-12(18(2)7-4-8-23-25(20,21)22)5-6-13(11)16-17-14-19(3)15-10-24-14/h5-6,9-10H,4,7-8H2,1-3H3. The summed E-state index contributed by atoms with van der Waals surface area (Å²) in [5.74, 6) is 0. The van der Waals surface area contributed by atoms with Crippen molar-refractivity contribution >= 4 is 38.2 Å². The highest BCUT2D eigenvalue weighted by atomic mass is 32.3. The van der Waals surface area contributed by atoms with Gasteiger partial charge in [0.2, 0.25) is 10.4 Å². The third kappa shape index (κ3) is 6.12. The Balaban J connectivity index is 1.96. The van der Waals surface area contributed by atoms with Crippen molar-refractivity contribution in [3.8, 4) is 0 Å². The summed E-state index contributed by atoms with van der Waals surface area (Å²) in [7, 11) is -0.947. The smallest absolute Gasteiger partial charge is 0.429 e. The molecule has 0 atom stereocenters. The monoisotopic (exact) mass is 385 g/mol. The van der Waals surface area contributed by atoms with Crippen LogP contribution in [0.2, 0.25) is 0 Å². The van der Waals surface area contributed by atoms with Crippen molar-refractivity contribution in [1.29, 1.82) is 0 Å². The van der Waals surface area contributed by atoms with Crippen LogP contribution in [0.25, 0.3) is 0 Å². The first-order chi connectivity index (χ1) is 11.8. The van der Waals surface area contributed by atoms with Crippen LogP contribution in [0.15, 0.2) is 33.9 Å². The van der Waals surface area contributed by atoms with Crippen molar-refractivity contribution in [1.82, 2.24) is 5.10 Å². The number of anilines is 1. The van der Waals surface area contributed by atoms with Crippen molar-refractivity contribution in [3.63, 3.8) is 0 Å². The maximum atomic E-state index is 10.4. The number of aromatic nitrogens is 2. The molecule has 0 unspecified atom stereocenters. The van der Waals surface area contributed by atoms with E-state index >= 15 is 0 Å². The molecule has 25 heavy (non-hydrogen) atoms. The molecule has 1 aromatic heterocycles. The molecular formula is C14H19N5O4S2. The van der Waals surface area contributed by atoms with Crippen molar-refractivity contribution < 1.29 is 21.8 Å². The lowest BCUT2D eigenvalue weighted by molar-refractivity contribution is -0.713. The summed E-state index contributed by atoms with van der Waals surface area (Å²) >= 11 is 1.40. The van der Waals surface area contributed by atoms with E-state index in [1.54, 1.807) is 17.2 Å². The van der Waals surface area contributed by atoms with Gasteiger partial charge in [-0.3, -0.25) is 4.18 Å². The van der Waals surface area contributed by atoms with Crippen LogP contribution in [0.5, 0.6) is 0 Å². The van der Waals surface area contributed by atoms with E-state index in [0.29, 0.717) is 18.1 Å². The van der Waals surface area contributed by atoms with Crippen LogP contribution in [0.3, 0.4) is 0 Å². The zero-order valence-electron chi connectivity index (χ0n) is 14.1. The lowest BCUT2D eigenvalue weighted by Gasteiger charge is -2.20. The molecule has 0 N–H and O–H groups in total. The second kappa shape index (κ2) is 8.43. The molecule has 0 saturated carbocycles. The van der Waals surface area contributed by atoms with Gasteiger partial charge in [-0.05, 0) is 53.6 Å². The molecule has 0 aliphatic heterocycles. The molecule has 2 rings (SSSR count). The predicted molar refractivity (Wildman–Crippen MR) is 92.2 cm³/mol. The van der Waals surface area contributed by atoms with E-state index in [0.717, 1.165) is 16.9 Å². The van der Waals surface area contributed by atoms with E-state index in [4.69, 9.17) is 0 Å².